The number of hydrogen-bond donors (Lipinski definition) is 0. The summed E-state index contributed by atoms with van der Waals surface area (Å²) in [6, 6.07) is 29.1. The molecule has 0 atom stereocenters. The van der Waals surface area contributed by atoms with Gasteiger partial charge in [-0.05, 0) is 28.9 Å². The monoisotopic (exact) mass is 458 g/mol. The number of aromatic nitrogens is 1. The predicted molar refractivity (Wildman–Crippen MR) is 132 cm³/mol. The number of hydrogen-bond acceptors (Lipinski definition) is 4. The van der Waals surface area contributed by atoms with E-state index in [0.717, 1.165) is 50.8 Å². The van der Waals surface area contributed by atoms with Gasteiger partial charge < -0.3 is 14.3 Å². The Labute approximate surface area is 200 Å². The molecule has 0 fully saturated rings. The quantitative estimate of drug-likeness (QED) is 0.252. The van der Waals surface area contributed by atoms with Gasteiger partial charge in [-0.15, -0.1) is 11.3 Å². The highest BCUT2D eigenvalue weighted by Gasteiger charge is 2.27. The smallest absolute Gasteiger partial charge is 0.147 e. The molecule has 0 aliphatic rings. The molecule has 1 aromatic heterocycles. The second kappa shape index (κ2) is 10.3. The maximum absolute atomic E-state index is 14.4. The fourth-order valence-electron chi connectivity index (χ4n) is 3.99. The molecular weight excluding hydrogens is 428 g/mol. The lowest BCUT2D eigenvalue weighted by Gasteiger charge is -2.40. The molecule has 0 spiro atoms. The van der Waals surface area contributed by atoms with Crippen molar-refractivity contribution in [3.8, 4) is 5.75 Å². The van der Waals surface area contributed by atoms with E-state index in [-0.39, 0.29) is 0 Å². The van der Waals surface area contributed by atoms with Crippen molar-refractivity contribution in [2.45, 2.75) is 18.6 Å². The van der Waals surface area contributed by atoms with Crippen molar-refractivity contribution in [2.24, 2.45) is 0 Å². The lowest BCUT2D eigenvalue weighted by atomic mass is 9.85. The van der Waals surface area contributed by atoms with Crippen LogP contribution in [0.1, 0.15) is 27.4 Å². The highest BCUT2D eigenvalue weighted by atomic mass is 32.1. The zero-order valence-electron chi connectivity index (χ0n) is 19.2. The van der Waals surface area contributed by atoms with Crippen molar-refractivity contribution < 1.29 is 14.3 Å². The number of thiazole rings is 1. The first-order chi connectivity index (χ1) is 16.0. The van der Waals surface area contributed by atoms with E-state index >= 15 is 0 Å². The van der Waals surface area contributed by atoms with Crippen LogP contribution in [0.25, 0.3) is 0 Å². The van der Waals surface area contributed by atoms with Crippen LogP contribution in [-0.4, -0.2) is 36.7 Å². The molecule has 4 aromatic rings. The molecular formula is C28H30N2O2S. The molecule has 4 rings (SSSR count). The Balaban J connectivity index is 1.46. The third-order valence-electron chi connectivity index (χ3n) is 5.74. The fraction of sp³-hybridized carbons (Fsp3) is 0.250. The van der Waals surface area contributed by atoms with Crippen molar-refractivity contribution in [1.29, 1.82) is 0 Å². The Morgan fingerprint density at radius 1 is 0.848 bits per heavy atom. The van der Waals surface area contributed by atoms with E-state index in [9.17, 15) is 5.11 Å². The predicted octanol–water partition coefficient (Wildman–Crippen LogP) is 4.84. The molecule has 0 bridgehead atoms. The number of rotatable bonds is 10. The van der Waals surface area contributed by atoms with Gasteiger partial charge in [-0.3, -0.25) is 0 Å². The molecule has 0 unspecified atom stereocenters. The Morgan fingerprint density at radius 3 is 1.97 bits per heavy atom. The van der Waals surface area contributed by atoms with Gasteiger partial charge in [0.05, 0.1) is 27.2 Å². The fourth-order valence-corrected chi connectivity index (χ4v) is 5.25. The average Bonchev–Trinajstić information content (AvgIpc) is 3.31. The van der Waals surface area contributed by atoms with Crippen LogP contribution in [-0.2, 0) is 12.1 Å². The van der Waals surface area contributed by atoms with E-state index < -0.39 is 5.60 Å². The van der Waals surface area contributed by atoms with Gasteiger partial charge in [0.2, 0.25) is 0 Å². The minimum Gasteiger partial charge on any atom is -0.838 e. The Kier molecular flexibility index (Phi) is 7.23. The van der Waals surface area contributed by atoms with Gasteiger partial charge in [0.1, 0.15) is 17.3 Å². The highest BCUT2D eigenvalue weighted by molar-refractivity contribution is 7.11. The molecule has 170 valence electrons. The molecule has 5 heteroatoms. The van der Waals surface area contributed by atoms with E-state index in [0.29, 0.717) is 6.61 Å². The number of quaternary nitrogens is 1. The zero-order chi connectivity index (χ0) is 23.2. The summed E-state index contributed by atoms with van der Waals surface area (Å²) < 4.78 is 6.62. The van der Waals surface area contributed by atoms with Crippen LogP contribution in [0.4, 0.5) is 0 Å². The first-order valence-electron chi connectivity index (χ1n) is 11.2. The highest BCUT2D eigenvalue weighted by Crippen LogP contribution is 2.37. The van der Waals surface area contributed by atoms with Crippen LogP contribution >= 0.6 is 11.3 Å². The first kappa shape index (κ1) is 23.2. The van der Waals surface area contributed by atoms with E-state index in [2.05, 4.69) is 19.1 Å². The van der Waals surface area contributed by atoms with Gasteiger partial charge in [-0.1, -0.05) is 78.9 Å². The van der Waals surface area contributed by atoms with Crippen LogP contribution in [0, 0.1) is 0 Å². The third kappa shape index (κ3) is 5.69. The zero-order valence-corrected chi connectivity index (χ0v) is 20.0. The van der Waals surface area contributed by atoms with Crippen LogP contribution in [0.5, 0.6) is 5.75 Å². The summed E-state index contributed by atoms with van der Waals surface area (Å²) in [7, 11) is 4.39. The van der Waals surface area contributed by atoms with Crippen LogP contribution in [0.15, 0.2) is 97.2 Å². The SMILES string of the molecule is C[N+](C)(CCCOc1ccccc1)Cc1ncc(C([O-])(c2ccccc2)c2ccccc2)s1. The third-order valence-corrected chi connectivity index (χ3v) is 6.83. The molecule has 33 heavy (non-hydrogen) atoms. The Morgan fingerprint density at radius 2 is 1.39 bits per heavy atom. The molecule has 4 nitrogen and oxygen atoms in total. The lowest BCUT2D eigenvalue weighted by Crippen LogP contribution is -2.42. The number of benzene rings is 3. The van der Waals surface area contributed by atoms with Crippen molar-refractivity contribution >= 4 is 11.3 Å². The second-order valence-corrected chi connectivity index (χ2v) is 9.98. The minimum absolute atomic E-state index is 0.681. The molecule has 0 saturated carbocycles. The molecule has 0 aliphatic heterocycles. The molecule has 3 aromatic carbocycles. The summed E-state index contributed by atoms with van der Waals surface area (Å²) in [5, 5.41) is 15.4. The maximum Gasteiger partial charge on any atom is 0.147 e. The summed E-state index contributed by atoms with van der Waals surface area (Å²) in [6.45, 7) is 2.41. The average molecular weight is 459 g/mol. The molecule has 0 amide bonds. The summed E-state index contributed by atoms with van der Waals surface area (Å²) in [6.07, 6.45) is 2.71. The van der Waals surface area contributed by atoms with Gasteiger partial charge in [-0.25, -0.2) is 4.98 Å². The second-order valence-electron chi connectivity index (χ2n) is 8.86. The summed E-state index contributed by atoms with van der Waals surface area (Å²) in [5.74, 6) is 0.904. The Hall–Kier alpha value is -2.99. The molecule has 0 aliphatic carbocycles. The minimum atomic E-state index is -1.47. The lowest BCUT2D eigenvalue weighted by molar-refractivity contribution is -0.903. The first-order valence-corrected chi connectivity index (χ1v) is 12.1. The molecule has 0 radical (unpaired) electrons. The molecule has 0 N–H and O–H groups in total. The summed E-state index contributed by atoms with van der Waals surface area (Å²) in [4.78, 5) is 5.39. The van der Waals surface area contributed by atoms with Gasteiger partial charge >= 0.3 is 0 Å². The summed E-state index contributed by atoms with van der Waals surface area (Å²) >= 11 is 1.52. The largest absolute Gasteiger partial charge is 0.838 e. The van der Waals surface area contributed by atoms with Crippen molar-refractivity contribution in [3.63, 3.8) is 0 Å². The van der Waals surface area contributed by atoms with Crippen LogP contribution in [0.3, 0.4) is 0 Å². The van der Waals surface area contributed by atoms with Crippen molar-refractivity contribution in [1.82, 2.24) is 4.98 Å². The van der Waals surface area contributed by atoms with Gasteiger partial charge in [0.15, 0.2) is 0 Å². The van der Waals surface area contributed by atoms with Crippen LogP contribution < -0.4 is 9.84 Å². The van der Waals surface area contributed by atoms with Crippen LogP contribution in [0.2, 0.25) is 0 Å². The van der Waals surface area contributed by atoms with Crippen molar-refractivity contribution in [2.75, 3.05) is 27.2 Å². The van der Waals surface area contributed by atoms with E-state index in [4.69, 9.17) is 4.74 Å². The van der Waals surface area contributed by atoms with Gasteiger partial charge in [0.25, 0.3) is 0 Å². The maximum atomic E-state index is 14.4. The normalized spacial score (nSPS) is 12.0. The Bertz CT molecular complexity index is 1090. The van der Waals surface area contributed by atoms with Crippen molar-refractivity contribution in [3.05, 3.63) is 118 Å². The number of ether oxygens (including phenoxy) is 1. The van der Waals surface area contributed by atoms with Gasteiger partial charge in [0, 0.05) is 17.5 Å². The van der Waals surface area contributed by atoms with E-state index in [1.165, 1.54) is 11.3 Å². The van der Waals surface area contributed by atoms with E-state index in [1.54, 1.807) is 6.20 Å². The number of nitrogens with zero attached hydrogens (tertiary/aromatic N) is 2. The number of para-hydroxylation sites is 1. The molecule has 1 heterocycles. The molecule has 0 saturated heterocycles. The topological polar surface area (TPSA) is 45.2 Å². The summed E-state index contributed by atoms with van der Waals surface area (Å²) in [5.41, 5.74) is -0.00420. The van der Waals surface area contributed by atoms with E-state index in [1.807, 2.05) is 91.0 Å². The van der Waals surface area contributed by atoms with Gasteiger partial charge in [-0.2, -0.15) is 0 Å². The standard InChI is InChI=1S/C28H30N2O2S/c1-30(2,19-12-20-32-25-17-10-5-11-18-25)22-27-29-21-26(33-27)28(31,23-13-6-3-7-14-23)24-15-8-4-9-16-24/h3-11,13-18,21H,12,19-20,22H2,1-2H3.